The van der Waals surface area contributed by atoms with E-state index in [1.54, 1.807) is 6.20 Å². The number of carbonyl (C=O) groups excluding carboxylic acids is 1. The first-order valence-corrected chi connectivity index (χ1v) is 8.00. The average molecular weight is 338 g/mol. The molecule has 2 aromatic heterocycles. The third-order valence-electron chi connectivity index (χ3n) is 4.42. The van der Waals surface area contributed by atoms with Crippen LogP contribution in [0.25, 0.3) is 11.0 Å². The van der Waals surface area contributed by atoms with Crippen molar-refractivity contribution in [2.45, 2.75) is 13.0 Å². The monoisotopic (exact) mass is 338 g/mol. The van der Waals surface area contributed by atoms with Crippen LogP contribution in [0.2, 0.25) is 0 Å². The number of fused-ring (bicyclic) bond motifs is 2. The van der Waals surface area contributed by atoms with Gasteiger partial charge in [0.1, 0.15) is 18.7 Å². The van der Waals surface area contributed by atoms with Gasteiger partial charge in [-0.2, -0.15) is 5.10 Å². The van der Waals surface area contributed by atoms with Gasteiger partial charge in [-0.05, 0) is 24.1 Å². The fourth-order valence-corrected chi connectivity index (χ4v) is 3.05. The van der Waals surface area contributed by atoms with Crippen molar-refractivity contribution in [3.05, 3.63) is 36.3 Å². The van der Waals surface area contributed by atoms with E-state index < -0.39 is 0 Å². The maximum absolute atomic E-state index is 11.5. The second kappa shape index (κ2) is 6.04. The van der Waals surface area contributed by atoms with Crippen molar-refractivity contribution < 1.29 is 9.53 Å². The Balaban J connectivity index is 1.66. The largest absolute Gasteiger partial charge is 0.468 e. The highest BCUT2D eigenvalue weighted by Crippen LogP contribution is 2.31. The summed E-state index contributed by atoms with van der Waals surface area (Å²) in [6.45, 7) is 1.05. The molecule has 0 bridgehead atoms. The highest BCUT2D eigenvalue weighted by Gasteiger charge is 2.17. The van der Waals surface area contributed by atoms with E-state index in [4.69, 9.17) is 0 Å². The van der Waals surface area contributed by atoms with Gasteiger partial charge in [0.15, 0.2) is 5.65 Å². The summed E-state index contributed by atoms with van der Waals surface area (Å²) in [6, 6.07) is 6.31. The molecule has 0 aliphatic carbocycles. The van der Waals surface area contributed by atoms with E-state index in [1.807, 2.05) is 6.07 Å². The zero-order valence-corrected chi connectivity index (χ0v) is 14.1. The van der Waals surface area contributed by atoms with Crippen LogP contribution in [0.1, 0.15) is 5.56 Å². The highest BCUT2D eigenvalue weighted by atomic mass is 16.5. The minimum Gasteiger partial charge on any atom is -0.468 e. The van der Waals surface area contributed by atoms with E-state index in [2.05, 4.69) is 49.2 Å². The van der Waals surface area contributed by atoms with Gasteiger partial charge in [0.25, 0.3) is 0 Å². The van der Waals surface area contributed by atoms with Crippen LogP contribution in [0, 0.1) is 0 Å². The number of nitrogens with zero attached hydrogens (tertiary/aromatic N) is 5. The number of hydrogen-bond donors (Lipinski definition) is 1. The van der Waals surface area contributed by atoms with Crippen molar-refractivity contribution >= 4 is 34.2 Å². The van der Waals surface area contributed by atoms with Gasteiger partial charge in [-0.3, -0.25) is 4.79 Å². The lowest BCUT2D eigenvalue weighted by atomic mass is 10.1. The van der Waals surface area contributed by atoms with Crippen LogP contribution in [0.5, 0.6) is 0 Å². The molecular formula is C17H18N6O2. The van der Waals surface area contributed by atoms with Gasteiger partial charge in [0, 0.05) is 25.0 Å². The first kappa shape index (κ1) is 15.4. The molecule has 0 spiro atoms. The number of hydrogen-bond acceptors (Lipinski definition) is 7. The molecule has 0 unspecified atom stereocenters. The molecule has 1 aliphatic heterocycles. The van der Waals surface area contributed by atoms with Gasteiger partial charge in [0.2, 0.25) is 0 Å². The summed E-state index contributed by atoms with van der Waals surface area (Å²) >= 11 is 0. The lowest BCUT2D eigenvalue weighted by Gasteiger charge is -2.14. The van der Waals surface area contributed by atoms with Crippen LogP contribution < -0.4 is 10.2 Å². The third-order valence-corrected chi connectivity index (χ3v) is 4.42. The first-order valence-electron chi connectivity index (χ1n) is 8.00. The smallest absolute Gasteiger partial charge is 0.327 e. The molecule has 1 aliphatic rings. The number of benzene rings is 1. The molecule has 0 radical (unpaired) electrons. The number of rotatable bonds is 4. The fourth-order valence-electron chi connectivity index (χ4n) is 3.05. The second-order valence-electron chi connectivity index (χ2n) is 5.98. The topological polar surface area (TPSA) is 85.2 Å². The molecule has 8 heteroatoms. The van der Waals surface area contributed by atoms with E-state index in [0.717, 1.165) is 24.0 Å². The molecule has 0 atom stereocenters. The molecule has 3 aromatic rings. The Morgan fingerprint density at radius 3 is 3.08 bits per heavy atom. The summed E-state index contributed by atoms with van der Waals surface area (Å²) in [6.07, 6.45) is 4.18. The van der Waals surface area contributed by atoms with Crippen LogP contribution in [0.4, 0.5) is 17.2 Å². The molecule has 0 fully saturated rings. The lowest BCUT2D eigenvalue weighted by Crippen LogP contribution is -2.13. The Bertz CT molecular complexity index is 951. The number of anilines is 3. The molecular weight excluding hydrogens is 320 g/mol. The zero-order chi connectivity index (χ0) is 17.4. The van der Waals surface area contributed by atoms with Crippen molar-refractivity contribution in [2.75, 3.05) is 30.9 Å². The van der Waals surface area contributed by atoms with Crippen LogP contribution in [-0.4, -0.2) is 46.4 Å². The van der Waals surface area contributed by atoms with Gasteiger partial charge in [-0.15, -0.1) is 0 Å². The Labute approximate surface area is 144 Å². The number of likely N-dealkylation sites (N-methyl/N-ethyl adjacent to an activating group) is 1. The molecule has 128 valence electrons. The Morgan fingerprint density at radius 2 is 2.24 bits per heavy atom. The maximum Gasteiger partial charge on any atom is 0.327 e. The van der Waals surface area contributed by atoms with E-state index in [-0.39, 0.29) is 12.5 Å². The van der Waals surface area contributed by atoms with Gasteiger partial charge in [0.05, 0.1) is 18.7 Å². The summed E-state index contributed by atoms with van der Waals surface area (Å²) in [5.41, 5.74) is 4.12. The SMILES string of the molecule is COC(=O)Cn1ncc2c(Nc3ccc4c(c3)N(C)CC4)ncnc21. The van der Waals surface area contributed by atoms with Crippen molar-refractivity contribution in [3.63, 3.8) is 0 Å². The second-order valence-corrected chi connectivity index (χ2v) is 5.98. The van der Waals surface area contributed by atoms with E-state index in [9.17, 15) is 4.79 Å². The summed E-state index contributed by atoms with van der Waals surface area (Å²) in [5, 5.41) is 8.30. The van der Waals surface area contributed by atoms with Gasteiger partial charge in [-0.25, -0.2) is 14.6 Å². The average Bonchev–Trinajstić information content (AvgIpc) is 3.20. The highest BCUT2D eigenvalue weighted by molar-refractivity contribution is 5.89. The Hall–Kier alpha value is -3.16. The van der Waals surface area contributed by atoms with Crippen LogP contribution in [-0.2, 0) is 22.5 Å². The molecule has 0 saturated heterocycles. The first-order chi connectivity index (χ1) is 12.2. The standard InChI is InChI=1S/C17H18N6O2/c1-22-6-5-11-3-4-12(7-14(11)22)21-16-13-8-20-23(9-15(24)25-2)17(13)19-10-18-16/h3-4,7-8,10H,5-6,9H2,1-2H3,(H,18,19,21). The Morgan fingerprint density at radius 1 is 1.36 bits per heavy atom. The quantitative estimate of drug-likeness (QED) is 0.725. The fraction of sp³-hybridized carbons (Fsp3) is 0.294. The summed E-state index contributed by atoms with van der Waals surface area (Å²) < 4.78 is 6.19. The number of aromatic nitrogens is 4. The predicted molar refractivity (Wildman–Crippen MR) is 94.0 cm³/mol. The maximum atomic E-state index is 11.5. The molecule has 25 heavy (non-hydrogen) atoms. The minimum atomic E-state index is -0.375. The molecule has 1 aromatic carbocycles. The van der Waals surface area contributed by atoms with Crippen molar-refractivity contribution in [1.82, 2.24) is 19.7 Å². The number of esters is 1. The molecule has 1 N–H and O–H groups in total. The number of nitrogens with one attached hydrogen (secondary N) is 1. The molecule has 0 saturated carbocycles. The van der Waals surface area contributed by atoms with Crippen molar-refractivity contribution in [1.29, 1.82) is 0 Å². The van der Waals surface area contributed by atoms with Gasteiger partial charge >= 0.3 is 5.97 Å². The molecule has 0 amide bonds. The normalized spacial score (nSPS) is 13.1. The summed E-state index contributed by atoms with van der Waals surface area (Å²) in [7, 11) is 3.44. The number of ether oxygens (including phenoxy) is 1. The molecule has 8 nitrogen and oxygen atoms in total. The van der Waals surface area contributed by atoms with Crippen LogP contribution >= 0.6 is 0 Å². The van der Waals surface area contributed by atoms with Gasteiger partial charge < -0.3 is 15.0 Å². The number of methoxy groups -OCH3 is 1. The summed E-state index contributed by atoms with van der Waals surface area (Å²) in [5.74, 6) is 0.279. The Kier molecular flexibility index (Phi) is 3.72. The van der Waals surface area contributed by atoms with E-state index in [1.165, 1.54) is 29.4 Å². The third kappa shape index (κ3) is 2.75. The van der Waals surface area contributed by atoms with Crippen LogP contribution in [0.15, 0.2) is 30.7 Å². The van der Waals surface area contributed by atoms with Gasteiger partial charge in [-0.1, -0.05) is 6.07 Å². The van der Waals surface area contributed by atoms with E-state index >= 15 is 0 Å². The van der Waals surface area contributed by atoms with Crippen molar-refractivity contribution in [2.24, 2.45) is 0 Å². The molecule has 3 heterocycles. The van der Waals surface area contributed by atoms with E-state index in [0.29, 0.717) is 11.5 Å². The minimum absolute atomic E-state index is 0.0140. The van der Waals surface area contributed by atoms with Crippen LogP contribution in [0.3, 0.4) is 0 Å². The van der Waals surface area contributed by atoms with Crippen molar-refractivity contribution in [3.8, 4) is 0 Å². The molecule has 4 rings (SSSR count). The summed E-state index contributed by atoms with van der Waals surface area (Å²) in [4.78, 5) is 22.3. The predicted octanol–water partition coefficient (Wildman–Crippen LogP) is 1.74. The lowest BCUT2D eigenvalue weighted by molar-refractivity contribution is -0.141. The zero-order valence-electron chi connectivity index (χ0n) is 14.1. The number of carbonyl (C=O) groups is 1.